The molecular formula is C15H20N4O. The summed E-state index contributed by atoms with van der Waals surface area (Å²) in [4.78, 5) is 12.3. The van der Waals surface area contributed by atoms with Crippen LogP contribution in [0.2, 0.25) is 0 Å². The molecule has 1 aromatic carbocycles. The highest BCUT2D eigenvalue weighted by Gasteiger charge is 2.11. The van der Waals surface area contributed by atoms with E-state index in [-0.39, 0.29) is 5.91 Å². The Hall–Kier alpha value is -2.30. The summed E-state index contributed by atoms with van der Waals surface area (Å²) in [6, 6.07) is 7.73. The zero-order chi connectivity index (χ0) is 14.5. The highest BCUT2D eigenvalue weighted by molar-refractivity contribution is 5.99. The van der Waals surface area contributed by atoms with Gasteiger partial charge in [-0.2, -0.15) is 5.10 Å². The Kier molecular flexibility index (Phi) is 4.40. The third-order valence-electron chi connectivity index (χ3n) is 3.14. The summed E-state index contributed by atoms with van der Waals surface area (Å²) < 4.78 is 1.75. The number of aryl methyl sites for hydroxylation is 2. The van der Waals surface area contributed by atoms with Crippen LogP contribution in [0.4, 0.5) is 5.69 Å². The Labute approximate surface area is 119 Å². The zero-order valence-corrected chi connectivity index (χ0v) is 12.1. The van der Waals surface area contributed by atoms with E-state index in [9.17, 15) is 4.79 Å². The molecule has 2 aromatic rings. The predicted molar refractivity (Wildman–Crippen MR) is 79.7 cm³/mol. The highest BCUT2D eigenvalue weighted by atomic mass is 16.1. The Balaban J connectivity index is 2.12. The van der Waals surface area contributed by atoms with Gasteiger partial charge in [0.25, 0.3) is 5.91 Å². The van der Waals surface area contributed by atoms with Crippen molar-refractivity contribution in [2.24, 2.45) is 7.05 Å². The molecule has 0 fully saturated rings. The van der Waals surface area contributed by atoms with Crippen molar-refractivity contribution in [2.45, 2.75) is 20.4 Å². The van der Waals surface area contributed by atoms with Gasteiger partial charge in [0.05, 0.1) is 17.8 Å². The molecule has 5 heteroatoms. The molecule has 1 heterocycles. The van der Waals surface area contributed by atoms with Crippen molar-refractivity contribution in [3.63, 3.8) is 0 Å². The number of nitrogens with one attached hydrogen (secondary N) is 2. The van der Waals surface area contributed by atoms with Crippen molar-refractivity contribution in [3.05, 3.63) is 47.3 Å². The average Bonchev–Trinajstić information content (AvgIpc) is 2.84. The van der Waals surface area contributed by atoms with Crippen molar-refractivity contribution in [1.29, 1.82) is 0 Å². The van der Waals surface area contributed by atoms with Gasteiger partial charge in [0.15, 0.2) is 0 Å². The predicted octanol–water partition coefficient (Wildman–Crippen LogP) is 2.09. The summed E-state index contributed by atoms with van der Waals surface area (Å²) in [6.45, 7) is 5.24. The van der Waals surface area contributed by atoms with E-state index in [0.717, 1.165) is 23.5 Å². The zero-order valence-electron chi connectivity index (χ0n) is 12.1. The number of rotatable bonds is 5. The molecule has 20 heavy (non-hydrogen) atoms. The van der Waals surface area contributed by atoms with Gasteiger partial charge in [-0.1, -0.05) is 11.6 Å². The molecular weight excluding hydrogens is 252 g/mol. The van der Waals surface area contributed by atoms with Crippen LogP contribution >= 0.6 is 0 Å². The number of amides is 1. The molecule has 0 unspecified atom stereocenters. The second-order valence-electron chi connectivity index (χ2n) is 4.71. The molecule has 0 bridgehead atoms. The average molecular weight is 272 g/mol. The molecule has 2 rings (SSSR count). The van der Waals surface area contributed by atoms with Crippen LogP contribution in [0.15, 0.2) is 30.5 Å². The fraction of sp³-hybridized carbons (Fsp3) is 0.333. The second kappa shape index (κ2) is 6.23. The van der Waals surface area contributed by atoms with Crippen LogP contribution in [-0.4, -0.2) is 22.2 Å². The van der Waals surface area contributed by atoms with E-state index in [0.29, 0.717) is 12.1 Å². The van der Waals surface area contributed by atoms with E-state index < -0.39 is 0 Å². The molecule has 0 spiro atoms. The van der Waals surface area contributed by atoms with E-state index in [1.165, 1.54) is 0 Å². The summed E-state index contributed by atoms with van der Waals surface area (Å²) >= 11 is 0. The lowest BCUT2D eigenvalue weighted by Crippen LogP contribution is -2.25. The maximum atomic E-state index is 12.3. The first-order chi connectivity index (χ1) is 9.61. The summed E-state index contributed by atoms with van der Waals surface area (Å²) in [5, 5.41) is 10.2. The Morgan fingerprint density at radius 1 is 1.35 bits per heavy atom. The molecule has 106 valence electrons. The molecule has 0 aliphatic rings. The summed E-state index contributed by atoms with van der Waals surface area (Å²) in [5.74, 6) is -0.0779. The van der Waals surface area contributed by atoms with Crippen LogP contribution < -0.4 is 10.6 Å². The van der Waals surface area contributed by atoms with Gasteiger partial charge in [-0.05, 0) is 32.0 Å². The van der Waals surface area contributed by atoms with Gasteiger partial charge in [-0.15, -0.1) is 0 Å². The quantitative estimate of drug-likeness (QED) is 0.876. The van der Waals surface area contributed by atoms with E-state index in [1.54, 1.807) is 10.9 Å². The fourth-order valence-corrected chi connectivity index (χ4v) is 2.03. The van der Waals surface area contributed by atoms with Gasteiger partial charge >= 0.3 is 0 Å². The molecule has 1 amide bonds. The number of hydrogen-bond donors (Lipinski definition) is 2. The third-order valence-corrected chi connectivity index (χ3v) is 3.14. The maximum absolute atomic E-state index is 12.3. The maximum Gasteiger partial charge on any atom is 0.253 e. The van der Waals surface area contributed by atoms with Crippen molar-refractivity contribution in [2.75, 3.05) is 11.9 Å². The summed E-state index contributed by atoms with van der Waals surface area (Å²) in [7, 11) is 1.86. The first-order valence-electron chi connectivity index (χ1n) is 6.71. The number of nitrogens with zero attached hydrogens (tertiary/aromatic N) is 2. The van der Waals surface area contributed by atoms with Crippen molar-refractivity contribution < 1.29 is 4.79 Å². The van der Waals surface area contributed by atoms with Crippen LogP contribution in [0.3, 0.4) is 0 Å². The molecule has 0 saturated carbocycles. The minimum atomic E-state index is -0.0779. The topological polar surface area (TPSA) is 59.0 Å². The van der Waals surface area contributed by atoms with E-state index in [2.05, 4.69) is 15.7 Å². The molecule has 0 aliphatic carbocycles. The van der Waals surface area contributed by atoms with E-state index in [1.807, 2.05) is 45.2 Å². The number of carbonyl (C=O) groups excluding carboxylic acids is 1. The number of carbonyl (C=O) groups is 1. The molecule has 0 saturated heterocycles. The van der Waals surface area contributed by atoms with Crippen LogP contribution in [0.25, 0.3) is 0 Å². The Bertz CT molecular complexity index is 604. The van der Waals surface area contributed by atoms with Crippen LogP contribution in [0, 0.1) is 6.92 Å². The molecule has 0 radical (unpaired) electrons. The Morgan fingerprint density at radius 3 is 2.80 bits per heavy atom. The van der Waals surface area contributed by atoms with E-state index >= 15 is 0 Å². The first-order valence-corrected chi connectivity index (χ1v) is 6.71. The lowest BCUT2D eigenvalue weighted by molar-refractivity contribution is 0.0950. The lowest BCUT2D eigenvalue weighted by Gasteiger charge is -2.12. The van der Waals surface area contributed by atoms with Gasteiger partial charge < -0.3 is 10.6 Å². The second-order valence-corrected chi connectivity index (χ2v) is 4.71. The fourth-order valence-electron chi connectivity index (χ4n) is 2.03. The highest BCUT2D eigenvalue weighted by Crippen LogP contribution is 2.17. The van der Waals surface area contributed by atoms with Crippen molar-refractivity contribution in [1.82, 2.24) is 15.1 Å². The third kappa shape index (κ3) is 3.17. The molecule has 0 aliphatic heterocycles. The normalized spacial score (nSPS) is 10.3. The van der Waals surface area contributed by atoms with Crippen LogP contribution in [0.1, 0.15) is 28.5 Å². The minimum Gasteiger partial charge on any atom is -0.385 e. The molecule has 1 aromatic heterocycles. The molecule has 5 nitrogen and oxygen atoms in total. The number of hydrogen-bond acceptors (Lipinski definition) is 3. The van der Waals surface area contributed by atoms with Gasteiger partial charge in [-0.25, -0.2) is 0 Å². The molecule has 0 atom stereocenters. The van der Waals surface area contributed by atoms with Gasteiger partial charge in [0.2, 0.25) is 0 Å². The van der Waals surface area contributed by atoms with Crippen LogP contribution in [0.5, 0.6) is 0 Å². The monoisotopic (exact) mass is 272 g/mol. The van der Waals surface area contributed by atoms with Gasteiger partial charge in [0.1, 0.15) is 0 Å². The van der Waals surface area contributed by atoms with Gasteiger partial charge in [-0.3, -0.25) is 9.48 Å². The summed E-state index contributed by atoms with van der Waals surface area (Å²) in [5.41, 5.74) is 3.57. The smallest absolute Gasteiger partial charge is 0.253 e. The number of anilines is 1. The largest absolute Gasteiger partial charge is 0.385 e. The van der Waals surface area contributed by atoms with E-state index in [4.69, 9.17) is 0 Å². The van der Waals surface area contributed by atoms with Crippen LogP contribution in [-0.2, 0) is 13.6 Å². The standard InChI is InChI=1S/C15H20N4O/c1-4-16-14-6-5-11(2)9-13(14)15(20)17-10-12-7-8-18-19(12)3/h5-9,16H,4,10H2,1-3H3,(H,17,20). The number of benzene rings is 1. The number of aromatic nitrogens is 2. The van der Waals surface area contributed by atoms with Crippen molar-refractivity contribution in [3.8, 4) is 0 Å². The van der Waals surface area contributed by atoms with Crippen molar-refractivity contribution >= 4 is 11.6 Å². The lowest BCUT2D eigenvalue weighted by atomic mass is 10.1. The SMILES string of the molecule is CCNc1ccc(C)cc1C(=O)NCc1ccnn1C. The Morgan fingerprint density at radius 2 is 2.15 bits per heavy atom. The first kappa shape index (κ1) is 14.1. The minimum absolute atomic E-state index is 0.0779. The molecule has 2 N–H and O–H groups in total. The van der Waals surface area contributed by atoms with Gasteiger partial charge in [0, 0.05) is 25.5 Å². The summed E-state index contributed by atoms with van der Waals surface area (Å²) in [6.07, 6.45) is 1.72.